The van der Waals surface area contributed by atoms with Gasteiger partial charge in [0.25, 0.3) is 0 Å². The van der Waals surface area contributed by atoms with Crippen LogP contribution in [0, 0.1) is 5.41 Å². The number of carbonyl (C=O) groups excluding carboxylic acids is 2. The summed E-state index contributed by atoms with van der Waals surface area (Å²) in [4.78, 5) is 23.2. The van der Waals surface area contributed by atoms with Crippen molar-refractivity contribution < 1.29 is 9.59 Å². The highest BCUT2D eigenvalue weighted by Gasteiger charge is 2.23. The summed E-state index contributed by atoms with van der Waals surface area (Å²) < 4.78 is 0. The van der Waals surface area contributed by atoms with Gasteiger partial charge in [-0.3, -0.25) is 9.59 Å². The van der Waals surface area contributed by atoms with Crippen LogP contribution in [0.1, 0.15) is 79.1 Å². The zero-order valence-electron chi connectivity index (χ0n) is 12.0. The highest BCUT2D eigenvalue weighted by atomic mass is 16.1. The van der Waals surface area contributed by atoms with Gasteiger partial charge in [0.1, 0.15) is 11.6 Å². The number of Topliss-reactive ketones (excluding diaryl/α,β-unsaturated/α-hetero) is 2. The lowest BCUT2D eigenvalue weighted by atomic mass is 9.87. The van der Waals surface area contributed by atoms with Gasteiger partial charge in [-0.05, 0) is 6.42 Å². The second-order valence-corrected chi connectivity index (χ2v) is 5.91. The van der Waals surface area contributed by atoms with E-state index in [4.69, 9.17) is 0 Å². The van der Waals surface area contributed by atoms with Crippen LogP contribution in [-0.2, 0) is 9.59 Å². The van der Waals surface area contributed by atoms with Gasteiger partial charge in [-0.25, -0.2) is 0 Å². The lowest BCUT2D eigenvalue weighted by molar-refractivity contribution is -0.131. The fourth-order valence-corrected chi connectivity index (χ4v) is 1.64. The normalized spacial score (nSPS) is 11.5. The molecule has 0 spiro atoms. The van der Waals surface area contributed by atoms with Crippen molar-refractivity contribution in [2.24, 2.45) is 5.41 Å². The first-order valence-electron chi connectivity index (χ1n) is 6.93. The number of carbonyl (C=O) groups is 2. The van der Waals surface area contributed by atoms with Gasteiger partial charge in [-0.2, -0.15) is 0 Å². The average Bonchev–Trinajstić information content (AvgIpc) is 2.21. The second kappa shape index (κ2) is 8.43. The number of unbranched alkanes of at least 4 members (excludes halogenated alkanes) is 5. The van der Waals surface area contributed by atoms with Crippen LogP contribution in [0.5, 0.6) is 0 Å². The molecule has 0 unspecified atom stereocenters. The Bertz CT molecular complexity index is 236. The molecule has 0 atom stereocenters. The Balaban J connectivity index is 3.57. The predicted octanol–water partition coefficient (Wildman–Crippen LogP) is 4.31. The topological polar surface area (TPSA) is 34.1 Å². The van der Waals surface area contributed by atoms with E-state index in [2.05, 4.69) is 6.92 Å². The van der Waals surface area contributed by atoms with Gasteiger partial charge in [-0.1, -0.05) is 59.8 Å². The molecule has 0 aromatic carbocycles. The molecule has 0 heterocycles. The van der Waals surface area contributed by atoms with Gasteiger partial charge in [0.05, 0.1) is 6.42 Å². The van der Waals surface area contributed by atoms with E-state index < -0.39 is 0 Å². The molecule has 0 aromatic heterocycles. The second-order valence-electron chi connectivity index (χ2n) is 5.91. The monoisotopic (exact) mass is 240 g/mol. The molecule has 17 heavy (non-hydrogen) atoms. The first-order chi connectivity index (χ1) is 7.88. The van der Waals surface area contributed by atoms with E-state index in [-0.39, 0.29) is 23.4 Å². The highest BCUT2D eigenvalue weighted by molar-refractivity contribution is 6.01. The van der Waals surface area contributed by atoms with Crippen LogP contribution in [0.15, 0.2) is 0 Å². The minimum atomic E-state index is -0.378. The summed E-state index contributed by atoms with van der Waals surface area (Å²) in [5, 5.41) is 0. The minimum absolute atomic E-state index is 0.0634. The van der Waals surface area contributed by atoms with E-state index >= 15 is 0 Å². The summed E-state index contributed by atoms with van der Waals surface area (Å²) in [5.74, 6) is 0.175. The molecule has 0 rings (SSSR count). The van der Waals surface area contributed by atoms with Gasteiger partial charge in [0.15, 0.2) is 0 Å². The molecule has 0 aliphatic heterocycles. The third kappa shape index (κ3) is 9.08. The summed E-state index contributed by atoms with van der Waals surface area (Å²) >= 11 is 0. The molecule has 0 fully saturated rings. The van der Waals surface area contributed by atoms with Gasteiger partial charge in [0, 0.05) is 11.8 Å². The van der Waals surface area contributed by atoms with E-state index in [1.54, 1.807) is 0 Å². The first-order valence-corrected chi connectivity index (χ1v) is 6.93. The smallest absolute Gasteiger partial charge is 0.145 e. The first kappa shape index (κ1) is 16.3. The van der Waals surface area contributed by atoms with Gasteiger partial charge < -0.3 is 0 Å². The van der Waals surface area contributed by atoms with Crippen LogP contribution in [0.3, 0.4) is 0 Å². The van der Waals surface area contributed by atoms with Crippen molar-refractivity contribution in [2.45, 2.75) is 79.1 Å². The van der Waals surface area contributed by atoms with Crippen molar-refractivity contribution in [2.75, 3.05) is 0 Å². The molecule has 2 heteroatoms. The van der Waals surface area contributed by atoms with Crippen molar-refractivity contribution in [1.82, 2.24) is 0 Å². The Morgan fingerprint density at radius 3 is 1.94 bits per heavy atom. The summed E-state index contributed by atoms with van der Waals surface area (Å²) in [6.45, 7) is 7.80. The van der Waals surface area contributed by atoms with Crippen molar-refractivity contribution in [3.8, 4) is 0 Å². The molecule has 0 bridgehead atoms. The lowest BCUT2D eigenvalue weighted by Gasteiger charge is -2.15. The van der Waals surface area contributed by atoms with E-state index in [1.165, 1.54) is 25.7 Å². The fourth-order valence-electron chi connectivity index (χ4n) is 1.64. The molecule has 0 saturated carbocycles. The molecule has 0 aliphatic rings. The number of hydrogen-bond donors (Lipinski definition) is 0. The number of rotatable bonds is 9. The minimum Gasteiger partial charge on any atom is -0.299 e. The Kier molecular flexibility index (Phi) is 8.11. The van der Waals surface area contributed by atoms with Crippen LogP contribution in [0.2, 0.25) is 0 Å². The molecule has 2 nitrogen and oxygen atoms in total. The van der Waals surface area contributed by atoms with Crippen LogP contribution in [0.4, 0.5) is 0 Å². The van der Waals surface area contributed by atoms with Gasteiger partial charge >= 0.3 is 0 Å². The number of ketones is 2. The molecular weight excluding hydrogens is 212 g/mol. The SMILES string of the molecule is CCCCCCCCC(=O)CC(=O)C(C)(C)C. The molecule has 0 amide bonds. The third-order valence-electron chi connectivity index (χ3n) is 3.00. The molecule has 0 aliphatic carbocycles. The van der Waals surface area contributed by atoms with Gasteiger partial charge in [-0.15, -0.1) is 0 Å². The summed E-state index contributed by atoms with van der Waals surface area (Å²) in [7, 11) is 0. The predicted molar refractivity (Wildman–Crippen MR) is 72.1 cm³/mol. The Hall–Kier alpha value is -0.660. The van der Waals surface area contributed by atoms with Crippen molar-refractivity contribution in [1.29, 1.82) is 0 Å². The molecule has 0 radical (unpaired) electrons. The van der Waals surface area contributed by atoms with E-state index in [9.17, 15) is 9.59 Å². The van der Waals surface area contributed by atoms with Crippen LogP contribution in [-0.4, -0.2) is 11.6 Å². The fraction of sp³-hybridized carbons (Fsp3) is 0.867. The quantitative estimate of drug-likeness (QED) is 0.444. The zero-order chi connectivity index (χ0) is 13.3. The molecule has 0 aromatic rings. The molecule has 0 N–H and O–H groups in total. The summed E-state index contributed by atoms with van der Waals surface area (Å²) in [5.41, 5.74) is -0.378. The molecular formula is C15H28O2. The molecule has 100 valence electrons. The Morgan fingerprint density at radius 2 is 1.41 bits per heavy atom. The van der Waals surface area contributed by atoms with E-state index in [0.29, 0.717) is 6.42 Å². The van der Waals surface area contributed by atoms with E-state index in [1.807, 2.05) is 20.8 Å². The Morgan fingerprint density at radius 1 is 0.882 bits per heavy atom. The lowest BCUT2D eigenvalue weighted by Crippen LogP contribution is -2.22. The average molecular weight is 240 g/mol. The van der Waals surface area contributed by atoms with Gasteiger partial charge in [0.2, 0.25) is 0 Å². The van der Waals surface area contributed by atoms with E-state index in [0.717, 1.165) is 12.8 Å². The zero-order valence-corrected chi connectivity index (χ0v) is 12.0. The summed E-state index contributed by atoms with van der Waals surface area (Å²) in [6.07, 6.45) is 7.79. The van der Waals surface area contributed by atoms with Crippen molar-refractivity contribution in [3.05, 3.63) is 0 Å². The largest absolute Gasteiger partial charge is 0.299 e. The van der Waals surface area contributed by atoms with Crippen LogP contribution >= 0.6 is 0 Å². The number of hydrogen-bond acceptors (Lipinski definition) is 2. The third-order valence-corrected chi connectivity index (χ3v) is 3.00. The van der Waals surface area contributed by atoms with Crippen LogP contribution in [0.25, 0.3) is 0 Å². The van der Waals surface area contributed by atoms with Crippen LogP contribution < -0.4 is 0 Å². The maximum absolute atomic E-state index is 11.6. The maximum Gasteiger partial charge on any atom is 0.145 e. The van der Waals surface area contributed by atoms with Crippen molar-refractivity contribution in [3.63, 3.8) is 0 Å². The van der Waals surface area contributed by atoms with Crippen molar-refractivity contribution >= 4 is 11.6 Å². The standard InChI is InChI=1S/C15H28O2/c1-5-6-7-8-9-10-11-13(16)12-14(17)15(2,3)4/h5-12H2,1-4H3. The Labute approximate surface area is 106 Å². The summed E-state index contributed by atoms with van der Waals surface area (Å²) in [6, 6.07) is 0. The molecule has 0 saturated heterocycles. The highest BCUT2D eigenvalue weighted by Crippen LogP contribution is 2.17. The maximum atomic E-state index is 11.6.